The molecule has 2 N–H and O–H groups in total. The number of rotatable bonds is 4. The third kappa shape index (κ3) is 4.76. The molecule has 1 aliphatic rings. The molecule has 0 radical (unpaired) electrons. The summed E-state index contributed by atoms with van der Waals surface area (Å²) in [4.78, 5) is 11.6. The monoisotopic (exact) mass is 290 g/mol. The van der Waals surface area contributed by atoms with E-state index in [1.165, 1.54) is 12.1 Å². The molecule has 6 heteroatoms. The minimum atomic E-state index is -0.589. The average Bonchev–Trinajstić information content (AvgIpc) is 2.80. The molecule has 3 nitrogen and oxygen atoms in total. The SMILES string of the molecule is Cl.O=C(NCCc1cc(F)cc(F)c1)C1CCCN1. The van der Waals surface area contributed by atoms with Crippen molar-refractivity contribution in [2.45, 2.75) is 25.3 Å². The maximum Gasteiger partial charge on any atom is 0.237 e. The van der Waals surface area contributed by atoms with E-state index in [-0.39, 0.29) is 24.4 Å². The molecule has 0 spiro atoms. The summed E-state index contributed by atoms with van der Waals surface area (Å²) in [5, 5.41) is 5.86. The van der Waals surface area contributed by atoms with Crippen LogP contribution >= 0.6 is 12.4 Å². The predicted molar refractivity (Wildman–Crippen MR) is 71.3 cm³/mol. The number of benzene rings is 1. The summed E-state index contributed by atoms with van der Waals surface area (Å²) in [6.07, 6.45) is 2.28. The van der Waals surface area contributed by atoms with Crippen LogP contribution in [0, 0.1) is 11.6 Å². The van der Waals surface area contributed by atoms with Crippen LogP contribution in [-0.4, -0.2) is 25.0 Å². The second-order valence-corrected chi connectivity index (χ2v) is 4.47. The molecule has 0 saturated carbocycles. The lowest BCUT2D eigenvalue weighted by Gasteiger charge is -2.11. The first-order valence-corrected chi connectivity index (χ1v) is 6.11. The van der Waals surface area contributed by atoms with Gasteiger partial charge in [0.05, 0.1) is 6.04 Å². The van der Waals surface area contributed by atoms with Crippen molar-refractivity contribution in [2.75, 3.05) is 13.1 Å². The van der Waals surface area contributed by atoms with Gasteiger partial charge in [0.2, 0.25) is 5.91 Å². The first-order valence-electron chi connectivity index (χ1n) is 6.11. The van der Waals surface area contributed by atoms with Crippen molar-refractivity contribution < 1.29 is 13.6 Å². The molecular weight excluding hydrogens is 274 g/mol. The van der Waals surface area contributed by atoms with Crippen LogP contribution < -0.4 is 10.6 Å². The maximum absolute atomic E-state index is 12.9. The van der Waals surface area contributed by atoms with Crippen LogP contribution in [0.4, 0.5) is 8.78 Å². The lowest BCUT2D eigenvalue weighted by atomic mass is 10.1. The molecular formula is C13H17ClF2N2O. The standard InChI is InChI=1S/C13H16F2N2O.ClH/c14-10-6-9(7-11(15)8-10)3-5-17-13(18)12-2-1-4-16-12;/h6-8,12,16H,1-5H2,(H,17,18);1H. The molecule has 19 heavy (non-hydrogen) atoms. The zero-order valence-electron chi connectivity index (χ0n) is 10.4. The first-order chi connectivity index (χ1) is 8.65. The minimum absolute atomic E-state index is 0. The Morgan fingerprint density at radius 2 is 2.00 bits per heavy atom. The van der Waals surface area contributed by atoms with Gasteiger partial charge in [0, 0.05) is 12.6 Å². The normalized spacial score (nSPS) is 17.9. The number of carbonyl (C=O) groups excluding carboxylic acids is 1. The first kappa shape index (κ1) is 15.9. The van der Waals surface area contributed by atoms with Crippen LogP contribution in [0.2, 0.25) is 0 Å². The van der Waals surface area contributed by atoms with Gasteiger partial charge >= 0.3 is 0 Å². The zero-order chi connectivity index (χ0) is 13.0. The maximum atomic E-state index is 12.9. The number of amides is 1. The summed E-state index contributed by atoms with van der Waals surface area (Å²) in [6, 6.07) is 3.28. The highest BCUT2D eigenvalue weighted by molar-refractivity contribution is 5.85. The lowest BCUT2D eigenvalue weighted by molar-refractivity contribution is -0.122. The quantitative estimate of drug-likeness (QED) is 0.888. The Kier molecular flexibility index (Phi) is 6.18. The van der Waals surface area contributed by atoms with Crippen LogP contribution in [-0.2, 0) is 11.2 Å². The van der Waals surface area contributed by atoms with Gasteiger partial charge < -0.3 is 10.6 Å². The van der Waals surface area contributed by atoms with E-state index in [9.17, 15) is 13.6 Å². The van der Waals surface area contributed by atoms with Crippen molar-refractivity contribution in [3.8, 4) is 0 Å². The molecule has 1 fully saturated rings. The van der Waals surface area contributed by atoms with Crippen LogP contribution in [0.1, 0.15) is 18.4 Å². The Hall–Kier alpha value is -1.20. The van der Waals surface area contributed by atoms with E-state index in [1.54, 1.807) is 0 Å². The van der Waals surface area contributed by atoms with Gasteiger partial charge in [-0.3, -0.25) is 4.79 Å². The number of nitrogens with one attached hydrogen (secondary N) is 2. The van der Waals surface area contributed by atoms with E-state index in [2.05, 4.69) is 10.6 Å². The molecule has 0 bridgehead atoms. The van der Waals surface area contributed by atoms with Gasteiger partial charge in [-0.1, -0.05) is 0 Å². The molecule has 2 rings (SSSR count). The number of hydrogen-bond donors (Lipinski definition) is 2. The molecule has 0 aromatic heterocycles. The smallest absolute Gasteiger partial charge is 0.237 e. The van der Waals surface area contributed by atoms with Gasteiger partial charge in [0.15, 0.2) is 0 Å². The average molecular weight is 291 g/mol. The molecule has 1 aromatic rings. The second kappa shape index (κ2) is 7.40. The minimum Gasteiger partial charge on any atom is -0.354 e. The highest BCUT2D eigenvalue weighted by atomic mass is 35.5. The van der Waals surface area contributed by atoms with Gasteiger partial charge in [0.1, 0.15) is 11.6 Å². The predicted octanol–water partition coefficient (Wildman–Crippen LogP) is 1.80. The highest BCUT2D eigenvalue weighted by Gasteiger charge is 2.21. The molecule has 1 saturated heterocycles. The number of hydrogen-bond acceptors (Lipinski definition) is 2. The van der Waals surface area contributed by atoms with Gasteiger partial charge in [-0.15, -0.1) is 12.4 Å². The van der Waals surface area contributed by atoms with Crippen LogP contribution in [0.3, 0.4) is 0 Å². The summed E-state index contributed by atoms with van der Waals surface area (Å²) in [5.74, 6) is -1.22. The summed E-state index contributed by atoms with van der Waals surface area (Å²) < 4.78 is 25.8. The van der Waals surface area contributed by atoms with Crippen LogP contribution in [0.15, 0.2) is 18.2 Å². The summed E-state index contributed by atoms with van der Waals surface area (Å²) >= 11 is 0. The van der Waals surface area contributed by atoms with E-state index >= 15 is 0 Å². The van der Waals surface area contributed by atoms with E-state index in [4.69, 9.17) is 0 Å². The molecule has 106 valence electrons. The Morgan fingerprint density at radius 1 is 1.32 bits per heavy atom. The molecule has 1 amide bonds. The Morgan fingerprint density at radius 3 is 2.58 bits per heavy atom. The fraction of sp³-hybridized carbons (Fsp3) is 0.462. The topological polar surface area (TPSA) is 41.1 Å². The van der Waals surface area contributed by atoms with Gasteiger partial charge in [-0.2, -0.15) is 0 Å². The van der Waals surface area contributed by atoms with E-state index in [0.29, 0.717) is 18.5 Å². The second-order valence-electron chi connectivity index (χ2n) is 4.47. The van der Waals surface area contributed by atoms with E-state index in [0.717, 1.165) is 25.5 Å². The molecule has 1 aliphatic heterocycles. The van der Waals surface area contributed by atoms with Gasteiger partial charge in [0.25, 0.3) is 0 Å². The van der Waals surface area contributed by atoms with Gasteiger partial charge in [-0.25, -0.2) is 8.78 Å². The van der Waals surface area contributed by atoms with Crippen LogP contribution in [0.5, 0.6) is 0 Å². The zero-order valence-corrected chi connectivity index (χ0v) is 11.2. The third-order valence-electron chi connectivity index (χ3n) is 3.01. The van der Waals surface area contributed by atoms with Crippen molar-refractivity contribution in [1.82, 2.24) is 10.6 Å². The summed E-state index contributed by atoms with van der Waals surface area (Å²) in [7, 11) is 0. The molecule has 1 heterocycles. The number of halogens is 3. The largest absolute Gasteiger partial charge is 0.354 e. The highest BCUT2D eigenvalue weighted by Crippen LogP contribution is 2.08. The third-order valence-corrected chi connectivity index (χ3v) is 3.01. The van der Waals surface area contributed by atoms with Crippen molar-refractivity contribution in [1.29, 1.82) is 0 Å². The molecule has 1 aromatic carbocycles. The molecule has 0 aliphatic carbocycles. The Bertz CT molecular complexity index is 416. The fourth-order valence-electron chi connectivity index (χ4n) is 2.12. The Balaban J connectivity index is 0.00000180. The summed E-state index contributed by atoms with van der Waals surface area (Å²) in [5.41, 5.74) is 0.548. The fourth-order valence-corrected chi connectivity index (χ4v) is 2.12. The van der Waals surface area contributed by atoms with Crippen molar-refractivity contribution in [2.24, 2.45) is 0 Å². The Labute approximate surface area is 117 Å². The lowest BCUT2D eigenvalue weighted by Crippen LogP contribution is -2.41. The van der Waals surface area contributed by atoms with Crippen molar-refractivity contribution in [3.63, 3.8) is 0 Å². The van der Waals surface area contributed by atoms with Crippen molar-refractivity contribution in [3.05, 3.63) is 35.4 Å². The molecule has 1 atom stereocenters. The molecule has 1 unspecified atom stereocenters. The van der Waals surface area contributed by atoms with Crippen molar-refractivity contribution >= 4 is 18.3 Å². The van der Waals surface area contributed by atoms with E-state index < -0.39 is 11.6 Å². The van der Waals surface area contributed by atoms with E-state index in [1.807, 2.05) is 0 Å². The van der Waals surface area contributed by atoms with Crippen LogP contribution in [0.25, 0.3) is 0 Å². The summed E-state index contributed by atoms with van der Waals surface area (Å²) in [6.45, 7) is 1.26. The van der Waals surface area contributed by atoms with Gasteiger partial charge in [-0.05, 0) is 43.5 Å². The number of carbonyl (C=O) groups is 1.